The van der Waals surface area contributed by atoms with Crippen molar-refractivity contribution in [2.45, 2.75) is 39.0 Å². The van der Waals surface area contributed by atoms with E-state index in [1.165, 1.54) is 13.2 Å². The molecule has 0 fully saturated rings. The Morgan fingerprint density at radius 1 is 1.33 bits per heavy atom. The first-order valence-electron chi connectivity index (χ1n) is 8.56. The molecule has 0 saturated carbocycles. The van der Waals surface area contributed by atoms with E-state index in [0.29, 0.717) is 19.0 Å². The number of sulfone groups is 1. The van der Waals surface area contributed by atoms with Crippen LogP contribution in [-0.4, -0.2) is 57.0 Å². The molecule has 0 atom stereocenters. The molecule has 1 aromatic rings. The van der Waals surface area contributed by atoms with Gasteiger partial charge in [0.2, 0.25) is 0 Å². The molecule has 1 rings (SSSR count). The van der Waals surface area contributed by atoms with Crippen molar-refractivity contribution in [1.29, 1.82) is 0 Å². The Balaban J connectivity index is 0.00000676. The van der Waals surface area contributed by atoms with Crippen molar-refractivity contribution < 1.29 is 17.5 Å². The molecule has 1 N–H and O–H groups in total. The van der Waals surface area contributed by atoms with E-state index in [0.717, 1.165) is 5.56 Å². The zero-order valence-corrected chi connectivity index (χ0v) is 20.0. The van der Waals surface area contributed by atoms with Crippen LogP contribution < -0.4 is 10.1 Å². The first-order chi connectivity index (χ1) is 12.0. The zero-order valence-electron chi connectivity index (χ0n) is 16.9. The number of guanidine groups is 1. The van der Waals surface area contributed by atoms with Gasteiger partial charge in [-0.2, -0.15) is 0 Å². The molecular weight excluding hydrogens is 484 g/mol. The molecule has 0 aliphatic heterocycles. The van der Waals surface area contributed by atoms with Crippen molar-refractivity contribution in [3.63, 3.8) is 0 Å². The minimum atomic E-state index is -3.22. The second-order valence-corrected chi connectivity index (χ2v) is 9.85. The molecule has 0 spiro atoms. The van der Waals surface area contributed by atoms with Crippen LogP contribution in [0.4, 0.5) is 4.39 Å². The molecule has 0 unspecified atom stereocenters. The lowest BCUT2D eigenvalue weighted by Crippen LogP contribution is -2.39. The molecule has 0 aliphatic rings. The van der Waals surface area contributed by atoms with E-state index in [4.69, 9.17) is 4.74 Å². The van der Waals surface area contributed by atoms with E-state index in [-0.39, 0.29) is 42.0 Å². The van der Waals surface area contributed by atoms with E-state index in [2.05, 4.69) is 10.3 Å². The minimum absolute atomic E-state index is 0. The molecule has 0 aromatic heterocycles. The van der Waals surface area contributed by atoms with Crippen molar-refractivity contribution in [1.82, 2.24) is 10.2 Å². The fraction of sp³-hybridized carbons (Fsp3) is 0.611. The van der Waals surface area contributed by atoms with Crippen LogP contribution in [0.15, 0.2) is 23.2 Å². The highest BCUT2D eigenvalue weighted by Crippen LogP contribution is 2.18. The fourth-order valence-corrected chi connectivity index (χ4v) is 3.15. The number of aliphatic imine (C=N–C) groups is 1. The van der Waals surface area contributed by atoms with Gasteiger partial charge < -0.3 is 15.0 Å². The van der Waals surface area contributed by atoms with Gasteiger partial charge in [0.25, 0.3) is 0 Å². The van der Waals surface area contributed by atoms with Crippen LogP contribution in [0.5, 0.6) is 5.75 Å². The molecule has 6 nitrogen and oxygen atoms in total. The summed E-state index contributed by atoms with van der Waals surface area (Å²) in [5.41, 5.74) is 0.763. The van der Waals surface area contributed by atoms with Crippen LogP contribution in [0.1, 0.15) is 33.3 Å². The second-order valence-electron chi connectivity index (χ2n) is 6.99. The van der Waals surface area contributed by atoms with Gasteiger partial charge >= 0.3 is 0 Å². The van der Waals surface area contributed by atoms with Gasteiger partial charge in [0.1, 0.15) is 0 Å². The molecule has 0 heterocycles. The summed E-state index contributed by atoms with van der Waals surface area (Å²) >= 11 is 0. The predicted molar refractivity (Wildman–Crippen MR) is 119 cm³/mol. The standard InChI is InChI=1S/C18H30FN3O3S.HI/c1-7-20-17(21-10-11-26(23,24)18(2,3)4)22(5)13-14-8-9-16(25-6)15(19)12-14;/h8-9,12H,7,10-11,13H2,1-6H3,(H,20,21);1H. The summed E-state index contributed by atoms with van der Waals surface area (Å²) in [4.78, 5) is 6.23. The van der Waals surface area contributed by atoms with Crippen molar-refractivity contribution in [3.8, 4) is 5.75 Å². The highest BCUT2D eigenvalue weighted by Gasteiger charge is 2.28. The van der Waals surface area contributed by atoms with Gasteiger partial charge in [-0.1, -0.05) is 6.07 Å². The Morgan fingerprint density at radius 3 is 2.44 bits per heavy atom. The van der Waals surface area contributed by atoms with Crippen molar-refractivity contribution in [2.75, 3.05) is 33.0 Å². The van der Waals surface area contributed by atoms with Crippen molar-refractivity contribution >= 4 is 39.8 Å². The number of hydrogen-bond acceptors (Lipinski definition) is 4. The van der Waals surface area contributed by atoms with Crippen LogP contribution in [0.3, 0.4) is 0 Å². The quantitative estimate of drug-likeness (QED) is 0.344. The van der Waals surface area contributed by atoms with E-state index in [1.807, 2.05) is 18.9 Å². The van der Waals surface area contributed by atoms with E-state index >= 15 is 0 Å². The number of ether oxygens (including phenoxy) is 1. The number of methoxy groups -OCH3 is 1. The monoisotopic (exact) mass is 515 g/mol. The Labute approximate surface area is 179 Å². The van der Waals surface area contributed by atoms with E-state index in [9.17, 15) is 12.8 Å². The molecular formula is C18H31FIN3O3S. The normalized spacial score (nSPS) is 12.3. The first-order valence-corrected chi connectivity index (χ1v) is 10.2. The van der Waals surface area contributed by atoms with Crippen LogP contribution in [0.2, 0.25) is 0 Å². The predicted octanol–water partition coefficient (Wildman–Crippen LogP) is 3.06. The number of nitrogens with one attached hydrogen (secondary N) is 1. The Hall–Kier alpha value is -1.10. The molecule has 1 aromatic carbocycles. The summed E-state index contributed by atoms with van der Waals surface area (Å²) < 4.78 is 42.3. The molecule has 0 amide bonds. The molecule has 0 bridgehead atoms. The number of hydrogen-bond donors (Lipinski definition) is 1. The minimum Gasteiger partial charge on any atom is -0.494 e. The SMILES string of the molecule is CCNC(=NCCS(=O)(=O)C(C)(C)C)N(C)Cc1ccc(OC)c(F)c1.I. The molecule has 27 heavy (non-hydrogen) atoms. The lowest BCUT2D eigenvalue weighted by Gasteiger charge is -2.23. The summed E-state index contributed by atoms with van der Waals surface area (Å²) in [6.07, 6.45) is 0. The van der Waals surface area contributed by atoms with Crippen molar-refractivity contribution in [3.05, 3.63) is 29.6 Å². The molecule has 0 saturated heterocycles. The third-order valence-electron chi connectivity index (χ3n) is 3.89. The van der Waals surface area contributed by atoms with Gasteiger partial charge in [-0.15, -0.1) is 24.0 Å². The average Bonchev–Trinajstić information content (AvgIpc) is 2.53. The smallest absolute Gasteiger partial charge is 0.193 e. The Morgan fingerprint density at radius 2 is 1.96 bits per heavy atom. The van der Waals surface area contributed by atoms with Crippen LogP contribution >= 0.6 is 24.0 Å². The summed E-state index contributed by atoms with van der Waals surface area (Å²) in [5.74, 6) is 0.338. The number of halogens is 2. The number of nitrogens with zero attached hydrogens (tertiary/aromatic N) is 2. The highest BCUT2D eigenvalue weighted by atomic mass is 127. The summed E-state index contributed by atoms with van der Waals surface area (Å²) in [5, 5.41) is 3.13. The molecule has 9 heteroatoms. The maximum atomic E-state index is 13.8. The summed E-state index contributed by atoms with van der Waals surface area (Å²) in [6, 6.07) is 4.79. The molecule has 156 valence electrons. The van der Waals surface area contributed by atoms with E-state index < -0.39 is 20.4 Å². The van der Waals surface area contributed by atoms with Gasteiger partial charge in [-0.3, -0.25) is 4.99 Å². The first kappa shape index (κ1) is 25.9. The van der Waals surface area contributed by atoms with Gasteiger partial charge in [-0.05, 0) is 45.4 Å². The summed E-state index contributed by atoms with van der Waals surface area (Å²) in [6.45, 7) is 8.22. The van der Waals surface area contributed by atoms with Gasteiger partial charge in [0.15, 0.2) is 27.4 Å². The largest absolute Gasteiger partial charge is 0.494 e. The maximum Gasteiger partial charge on any atom is 0.193 e. The fourth-order valence-electron chi connectivity index (χ4n) is 2.20. The third-order valence-corrected chi connectivity index (χ3v) is 6.47. The molecule has 0 aliphatic carbocycles. The summed E-state index contributed by atoms with van der Waals surface area (Å²) in [7, 11) is 0.0206. The lowest BCUT2D eigenvalue weighted by atomic mass is 10.2. The van der Waals surface area contributed by atoms with Gasteiger partial charge in [0, 0.05) is 20.1 Å². The maximum absolute atomic E-state index is 13.8. The second kappa shape index (κ2) is 11.0. The Bertz CT molecular complexity index is 734. The number of benzene rings is 1. The van der Waals surface area contributed by atoms with Gasteiger partial charge in [0.05, 0.1) is 24.2 Å². The Kier molecular flexibility index (Phi) is 10.6. The van der Waals surface area contributed by atoms with E-state index in [1.54, 1.807) is 32.9 Å². The topological polar surface area (TPSA) is 71.0 Å². The van der Waals surface area contributed by atoms with Crippen LogP contribution in [0, 0.1) is 5.82 Å². The average molecular weight is 515 g/mol. The van der Waals surface area contributed by atoms with Crippen LogP contribution in [-0.2, 0) is 16.4 Å². The van der Waals surface area contributed by atoms with Crippen molar-refractivity contribution in [2.24, 2.45) is 4.99 Å². The van der Waals surface area contributed by atoms with Gasteiger partial charge in [-0.25, -0.2) is 12.8 Å². The lowest BCUT2D eigenvalue weighted by molar-refractivity contribution is 0.385. The third kappa shape index (κ3) is 7.81. The zero-order chi connectivity index (χ0) is 20.0. The van der Waals surface area contributed by atoms with Crippen LogP contribution in [0.25, 0.3) is 0 Å². The molecule has 0 radical (unpaired) electrons. The number of rotatable bonds is 7. The highest BCUT2D eigenvalue weighted by molar-refractivity contribution is 14.0.